The predicted octanol–water partition coefficient (Wildman–Crippen LogP) is 5.46. The van der Waals surface area contributed by atoms with Gasteiger partial charge in [0.25, 0.3) is 0 Å². The third kappa shape index (κ3) is 5.78. The van der Waals surface area contributed by atoms with Gasteiger partial charge in [-0.25, -0.2) is 14.6 Å². The molecule has 1 amide bonds. The molecule has 11 heteroatoms. The van der Waals surface area contributed by atoms with E-state index in [4.69, 9.17) is 14.6 Å². The summed E-state index contributed by atoms with van der Waals surface area (Å²) in [5.41, 5.74) is 2.12. The molecule has 0 radical (unpaired) electrons. The Morgan fingerprint density at radius 1 is 1.10 bits per heavy atom. The van der Waals surface area contributed by atoms with Crippen LogP contribution in [0.1, 0.15) is 62.9 Å². The molecule has 0 atom stereocenters. The van der Waals surface area contributed by atoms with Gasteiger partial charge in [0.05, 0.1) is 29.4 Å². The molecule has 4 aromatic rings. The van der Waals surface area contributed by atoms with Gasteiger partial charge in [0.1, 0.15) is 22.9 Å². The summed E-state index contributed by atoms with van der Waals surface area (Å²) in [6.45, 7) is 5.48. The highest BCUT2D eigenvalue weighted by atomic mass is 16.6. The van der Waals surface area contributed by atoms with Crippen molar-refractivity contribution in [3.05, 3.63) is 54.5 Å². The van der Waals surface area contributed by atoms with Gasteiger partial charge in [-0.2, -0.15) is 10.2 Å². The fourth-order valence-electron chi connectivity index (χ4n) is 4.97. The molecular formula is C29H34N6O5. The van der Waals surface area contributed by atoms with Gasteiger partial charge in [-0.3, -0.25) is 14.3 Å². The average molecular weight is 547 g/mol. The van der Waals surface area contributed by atoms with E-state index in [0.29, 0.717) is 11.6 Å². The van der Waals surface area contributed by atoms with Crippen molar-refractivity contribution in [1.82, 2.24) is 24.5 Å². The molecule has 1 N–H and O–H groups in total. The fourth-order valence-corrected chi connectivity index (χ4v) is 4.97. The molecule has 11 nitrogen and oxygen atoms in total. The number of hydrogen-bond donors (Lipinski definition) is 1. The summed E-state index contributed by atoms with van der Waals surface area (Å²) in [5.74, 6) is 0.0546. The zero-order valence-electron chi connectivity index (χ0n) is 23.4. The largest absolute Gasteiger partial charge is 0.490 e. The van der Waals surface area contributed by atoms with Crippen molar-refractivity contribution in [2.24, 2.45) is 7.05 Å². The Morgan fingerprint density at radius 2 is 1.85 bits per heavy atom. The van der Waals surface area contributed by atoms with Crippen molar-refractivity contribution >= 4 is 28.8 Å². The molecule has 0 saturated heterocycles. The molecule has 1 aliphatic rings. The van der Waals surface area contributed by atoms with Crippen LogP contribution in [0.15, 0.2) is 48.9 Å². The van der Waals surface area contributed by atoms with Crippen LogP contribution in [0.4, 0.5) is 10.6 Å². The van der Waals surface area contributed by atoms with Crippen molar-refractivity contribution in [1.29, 1.82) is 0 Å². The summed E-state index contributed by atoms with van der Waals surface area (Å²) < 4.78 is 15.4. The summed E-state index contributed by atoms with van der Waals surface area (Å²) in [6, 6.07) is 8.59. The highest BCUT2D eigenvalue weighted by Crippen LogP contribution is 2.37. The Kier molecular flexibility index (Phi) is 7.22. The van der Waals surface area contributed by atoms with E-state index in [1.54, 1.807) is 48.4 Å². The van der Waals surface area contributed by atoms with E-state index in [1.165, 1.54) is 4.90 Å². The molecule has 1 fully saturated rings. The SMILES string of the molecule is CN(C(=O)OC(C)(C)C)c1cc2c(cn1)c(-c1cnn(C)c1)nn2C1CCC(Oc2cccc(C(=O)O)c2)CC1. The number of benzene rings is 1. The van der Waals surface area contributed by atoms with Crippen LogP contribution in [-0.4, -0.2) is 60.5 Å². The molecule has 210 valence electrons. The number of fused-ring (bicyclic) bond motifs is 1. The number of anilines is 1. The Labute approximate surface area is 232 Å². The lowest BCUT2D eigenvalue weighted by Gasteiger charge is -2.29. The summed E-state index contributed by atoms with van der Waals surface area (Å²) >= 11 is 0. The molecule has 1 aromatic carbocycles. The van der Waals surface area contributed by atoms with E-state index in [1.807, 2.05) is 44.8 Å². The molecule has 3 aromatic heterocycles. The van der Waals surface area contributed by atoms with Gasteiger partial charge in [0.2, 0.25) is 0 Å². The molecule has 1 aliphatic carbocycles. The number of aryl methyl sites for hydroxylation is 1. The van der Waals surface area contributed by atoms with Gasteiger partial charge < -0.3 is 14.6 Å². The predicted molar refractivity (Wildman–Crippen MR) is 150 cm³/mol. The quantitative estimate of drug-likeness (QED) is 0.338. The van der Waals surface area contributed by atoms with Crippen LogP contribution in [0, 0.1) is 0 Å². The third-order valence-corrected chi connectivity index (χ3v) is 6.94. The maximum atomic E-state index is 12.7. The smallest absolute Gasteiger partial charge is 0.415 e. The lowest BCUT2D eigenvalue weighted by Crippen LogP contribution is -2.34. The number of aromatic nitrogens is 5. The first kappa shape index (κ1) is 27.2. The fraction of sp³-hybridized carbons (Fsp3) is 0.414. The summed E-state index contributed by atoms with van der Waals surface area (Å²) in [5, 5.41) is 19.5. The highest BCUT2D eigenvalue weighted by molar-refractivity contribution is 5.96. The van der Waals surface area contributed by atoms with Gasteiger partial charge in [0, 0.05) is 43.5 Å². The Balaban J connectivity index is 1.41. The van der Waals surface area contributed by atoms with Crippen LogP contribution >= 0.6 is 0 Å². The minimum absolute atomic E-state index is 0.0181. The van der Waals surface area contributed by atoms with E-state index < -0.39 is 17.7 Å². The van der Waals surface area contributed by atoms with Crippen molar-refractivity contribution in [2.45, 2.75) is 64.2 Å². The van der Waals surface area contributed by atoms with Gasteiger partial charge >= 0.3 is 12.1 Å². The van der Waals surface area contributed by atoms with Gasteiger partial charge in [-0.05, 0) is 64.7 Å². The molecule has 5 rings (SSSR count). The Hall–Kier alpha value is -4.41. The zero-order valence-corrected chi connectivity index (χ0v) is 23.4. The number of carboxylic acid groups (broad SMARTS) is 1. The lowest BCUT2D eigenvalue weighted by atomic mass is 9.93. The Morgan fingerprint density at radius 3 is 2.50 bits per heavy atom. The summed E-state index contributed by atoms with van der Waals surface area (Å²) in [7, 11) is 3.51. The van der Waals surface area contributed by atoms with Crippen molar-refractivity contribution in [3.8, 4) is 17.0 Å². The van der Waals surface area contributed by atoms with E-state index in [2.05, 4.69) is 10.1 Å². The van der Waals surface area contributed by atoms with Gasteiger partial charge in [-0.15, -0.1) is 0 Å². The number of hydrogen-bond acceptors (Lipinski definition) is 7. The van der Waals surface area contributed by atoms with Crippen molar-refractivity contribution in [2.75, 3.05) is 11.9 Å². The minimum atomic E-state index is -0.977. The molecule has 0 bridgehead atoms. The molecular weight excluding hydrogens is 512 g/mol. The molecule has 0 aliphatic heterocycles. The number of carbonyl (C=O) groups excluding carboxylic acids is 1. The molecule has 0 spiro atoms. The first-order valence-corrected chi connectivity index (χ1v) is 13.3. The maximum absolute atomic E-state index is 12.7. The summed E-state index contributed by atoms with van der Waals surface area (Å²) in [4.78, 5) is 30.0. The average Bonchev–Trinajstić information content (AvgIpc) is 3.51. The van der Waals surface area contributed by atoms with Crippen LogP contribution in [0.3, 0.4) is 0 Å². The van der Waals surface area contributed by atoms with Crippen molar-refractivity contribution in [3.63, 3.8) is 0 Å². The summed E-state index contributed by atoms with van der Waals surface area (Å²) in [6.07, 6.45) is 8.19. The molecule has 1 saturated carbocycles. The number of carbonyl (C=O) groups is 2. The van der Waals surface area contributed by atoms with Gasteiger partial charge in [0.15, 0.2) is 0 Å². The van der Waals surface area contributed by atoms with Crippen LogP contribution in [0.2, 0.25) is 0 Å². The second-order valence-corrected chi connectivity index (χ2v) is 11.2. The van der Waals surface area contributed by atoms with E-state index in [9.17, 15) is 14.7 Å². The van der Waals surface area contributed by atoms with E-state index >= 15 is 0 Å². The van der Waals surface area contributed by atoms with Crippen LogP contribution in [-0.2, 0) is 11.8 Å². The third-order valence-electron chi connectivity index (χ3n) is 6.94. The first-order chi connectivity index (χ1) is 19.0. The van der Waals surface area contributed by atoms with Crippen molar-refractivity contribution < 1.29 is 24.2 Å². The monoisotopic (exact) mass is 546 g/mol. The second-order valence-electron chi connectivity index (χ2n) is 11.2. The van der Waals surface area contributed by atoms with E-state index in [0.717, 1.165) is 47.8 Å². The number of rotatable bonds is 6. The number of pyridine rings is 1. The molecule has 0 unspecified atom stereocenters. The van der Waals surface area contributed by atoms with Crippen LogP contribution in [0.25, 0.3) is 22.2 Å². The molecule has 40 heavy (non-hydrogen) atoms. The lowest BCUT2D eigenvalue weighted by molar-refractivity contribution is 0.0587. The van der Waals surface area contributed by atoms with E-state index in [-0.39, 0.29) is 17.7 Å². The number of ether oxygens (including phenoxy) is 2. The number of nitrogens with zero attached hydrogens (tertiary/aromatic N) is 6. The van der Waals surface area contributed by atoms with Gasteiger partial charge in [-0.1, -0.05) is 6.07 Å². The highest BCUT2D eigenvalue weighted by Gasteiger charge is 2.28. The van der Waals surface area contributed by atoms with Crippen LogP contribution in [0.5, 0.6) is 5.75 Å². The number of carboxylic acids is 1. The normalized spacial score (nSPS) is 17.5. The molecule has 3 heterocycles. The number of amides is 1. The topological polar surface area (TPSA) is 125 Å². The Bertz CT molecular complexity index is 1540. The van der Waals surface area contributed by atoms with Crippen LogP contribution < -0.4 is 9.64 Å². The number of aromatic carboxylic acids is 1. The minimum Gasteiger partial charge on any atom is -0.490 e. The second kappa shape index (κ2) is 10.6. The standard InChI is InChI=1S/C29H34N6O5/c1-29(2,3)40-28(38)34(5)25-14-24-23(16-30-25)26(19-15-31-33(4)17-19)32-35(24)20-9-11-21(12-10-20)39-22-8-6-7-18(13-22)27(36)37/h6-8,13-17,20-21H,9-12H2,1-5H3,(H,36,37). The first-order valence-electron chi connectivity index (χ1n) is 13.3. The maximum Gasteiger partial charge on any atom is 0.415 e. The zero-order chi connectivity index (χ0) is 28.6.